The highest BCUT2D eigenvalue weighted by atomic mass is 16.7. The molecule has 1 aliphatic rings. The van der Waals surface area contributed by atoms with Crippen LogP contribution in [-0.4, -0.2) is 110 Å². The average molecular weight is 1100 g/mol. The van der Waals surface area contributed by atoms with Gasteiger partial charge in [0.05, 0.1) is 25.4 Å². The van der Waals surface area contributed by atoms with E-state index in [1.54, 1.807) is 0 Å². The molecule has 1 fully saturated rings. The van der Waals surface area contributed by atoms with Gasteiger partial charge >= 0.3 is 0 Å². The second kappa shape index (κ2) is 55.6. The van der Waals surface area contributed by atoms with Crippen LogP contribution in [0.3, 0.4) is 0 Å². The van der Waals surface area contributed by atoms with Gasteiger partial charge < -0.3 is 50.5 Å². The van der Waals surface area contributed by atoms with E-state index in [0.29, 0.717) is 19.3 Å². The number of nitrogens with one attached hydrogen (secondary N) is 1. The third-order valence-electron chi connectivity index (χ3n) is 16.9. The van der Waals surface area contributed by atoms with Gasteiger partial charge in [-0.2, -0.15) is 0 Å². The first-order valence-electron chi connectivity index (χ1n) is 33.9. The Morgan fingerprint density at radius 1 is 0.403 bits per heavy atom. The molecule has 0 aromatic rings. The number of aliphatic hydroxyl groups excluding tert-OH is 7. The lowest BCUT2D eigenvalue weighted by atomic mass is 9.98. The molecule has 11 nitrogen and oxygen atoms in total. The minimum Gasteiger partial charge on any atom is -0.394 e. The van der Waals surface area contributed by atoms with E-state index in [1.165, 1.54) is 270 Å². The maximum Gasteiger partial charge on any atom is 0.249 e. The number of hydrogen-bond donors (Lipinski definition) is 8. The molecule has 1 saturated heterocycles. The topological polar surface area (TPSA) is 189 Å². The summed E-state index contributed by atoms with van der Waals surface area (Å²) in [4.78, 5) is 13.2. The van der Waals surface area contributed by atoms with Crippen molar-refractivity contribution in [3.63, 3.8) is 0 Å². The first-order chi connectivity index (χ1) is 37.7. The molecule has 11 heteroatoms. The molecule has 9 atom stereocenters. The number of hydrogen-bond acceptors (Lipinski definition) is 10. The van der Waals surface area contributed by atoms with Crippen LogP contribution in [0.25, 0.3) is 0 Å². The van der Waals surface area contributed by atoms with Crippen molar-refractivity contribution in [3.8, 4) is 0 Å². The van der Waals surface area contributed by atoms with Gasteiger partial charge in [-0.25, -0.2) is 0 Å². The lowest BCUT2D eigenvalue weighted by molar-refractivity contribution is -0.303. The van der Waals surface area contributed by atoms with Gasteiger partial charge in [-0.1, -0.05) is 335 Å². The van der Waals surface area contributed by atoms with E-state index in [1.807, 2.05) is 0 Å². The number of carbonyl (C=O) groups is 1. The summed E-state index contributed by atoms with van der Waals surface area (Å²) in [5.41, 5.74) is 0. The van der Waals surface area contributed by atoms with Crippen molar-refractivity contribution in [1.82, 2.24) is 5.32 Å². The summed E-state index contributed by atoms with van der Waals surface area (Å²) >= 11 is 0. The van der Waals surface area contributed by atoms with E-state index in [0.717, 1.165) is 38.5 Å². The molecule has 0 radical (unpaired) electrons. The van der Waals surface area contributed by atoms with Crippen LogP contribution in [0.2, 0.25) is 0 Å². The van der Waals surface area contributed by atoms with Crippen LogP contribution in [0, 0.1) is 0 Å². The van der Waals surface area contributed by atoms with Crippen LogP contribution in [0.1, 0.15) is 348 Å². The van der Waals surface area contributed by atoms with Crippen LogP contribution in [-0.2, 0) is 14.3 Å². The molecule has 1 aliphatic heterocycles. The Balaban J connectivity index is 2.21. The highest BCUT2D eigenvalue weighted by Gasteiger charge is 2.44. The Morgan fingerprint density at radius 2 is 0.675 bits per heavy atom. The fraction of sp³-hybridized carbons (Fsp3) is 0.985. The summed E-state index contributed by atoms with van der Waals surface area (Å²) in [5.74, 6) is -0.687. The fourth-order valence-corrected chi connectivity index (χ4v) is 11.4. The molecule has 9 unspecified atom stereocenters. The van der Waals surface area contributed by atoms with Crippen molar-refractivity contribution in [1.29, 1.82) is 0 Å². The smallest absolute Gasteiger partial charge is 0.249 e. The summed E-state index contributed by atoms with van der Waals surface area (Å²) in [5, 5.41) is 76.5. The fourth-order valence-electron chi connectivity index (χ4n) is 11.4. The lowest BCUT2D eigenvalue weighted by Gasteiger charge is -2.40. The highest BCUT2D eigenvalue weighted by molar-refractivity contribution is 5.80. The summed E-state index contributed by atoms with van der Waals surface area (Å²) in [6, 6.07) is -1.16. The Bertz CT molecular complexity index is 1210. The molecule has 0 bridgehead atoms. The van der Waals surface area contributed by atoms with Crippen molar-refractivity contribution in [3.05, 3.63) is 0 Å². The quantitative estimate of drug-likeness (QED) is 0.0272. The highest BCUT2D eigenvalue weighted by Crippen LogP contribution is 2.24. The lowest BCUT2D eigenvalue weighted by Crippen LogP contribution is -2.60. The van der Waals surface area contributed by atoms with Crippen LogP contribution in [0.15, 0.2) is 0 Å². The molecular formula is C66H131NO10. The molecule has 77 heavy (non-hydrogen) atoms. The molecule has 8 N–H and O–H groups in total. The number of ether oxygens (including phenoxy) is 2. The zero-order chi connectivity index (χ0) is 56.1. The number of unbranched alkanes of at least 4 members (excludes halogenated alkanes) is 48. The standard InChI is InChI=1S/C66H131NO10/c1-3-5-7-9-11-13-15-17-19-21-23-25-27-28-29-30-32-34-36-38-40-42-44-46-48-50-52-54-59(70)65(75)67-57(56-76-66-64(74)63(73)62(72)60(55-68)77-66)61(71)58(69)53-51-49-47-45-43-41-39-37-35-33-31-26-24-22-20-18-16-14-12-10-8-6-4-2/h57-64,66,68-74H,3-56H2,1-2H3,(H,67,75). The molecule has 1 heterocycles. The summed E-state index contributed by atoms with van der Waals surface area (Å²) in [6.45, 7) is 3.52. The van der Waals surface area contributed by atoms with Gasteiger partial charge in [-0.05, 0) is 12.8 Å². The molecular weight excluding hydrogens is 967 g/mol. The molecule has 0 spiro atoms. The molecule has 0 aromatic carbocycles. The first kappa shape index (κ1) is 74.1. The zero-order valence-corrected chi connectivity index (χ0v) is 50.7. The van der Waals surface area contributed by atoms with E-state index in [2.05, 4.69) is 19.2 Å². The third kappa shape index (κ3) is 43.5. The van der Waals surface area contributed by atoms with Crippen molar-refractivity contribution < 1.29 is 50.0 Å². The number of aliphatic hydroxyl groups is 7. The van der Waals surface area contributed by atoms with Gasteiger partial charge in [-0.15, -0.1) is 0 Å². The SMILES string of the molecule is CCCCCCCCCCCCCCCCCCCCCCCCCCCCCC(O)C(=O)NC(COC1OC(CO)C(O)C(O)C1O)C(O)C(O)CCCCCCCCCCCCCCCCCCCCCCCCC. The summed E-state index contributed by atoms with van der Waals surface area (Å²) in [7, 11) is 0. The number of amides is 1. The second-order valence-corrected chi connectivity index (χ2v) is 24.3. The Labute approximate surface area is 475 Å². The zero-order valence-electron chi connectivity index (χ0n) is 50.7. The maximum absolute atomic E-state index is 13.2. The van der Waals surface area contributed by atoms with Gasteiger partial charge in [0.1, 0.15) is 36.6 Å². The minimum absolute atomic E-state index is 0.268. The number of rotatable bonds is 60. The molecule has 1 rings (SSSR count). The Hall–Kier alpha value is -0.890. The van der Waals surface area contributed by atoms with Crippen molar-refractivity contribution in [2.75, 3.05) is 13.2 Å². The molecule has 0 saturated carbocycles. The van der Waals surface area contributed by atoms with Crippen LogP contribution in [0.4, 0.5) is 0 Å². The normalized spacial score (nSPS) is 19.4. The summed E-state index contributed by atoms with van der Waals surface area (Å²) in [6.07, 6.45) is 54.6. The van der Waals surface area contributed by atoms with E-state index >= 15 is 0 Å². The van der Waals surface area contributed by atoms with E-state index in [-0.39, 0.29) is 6.42 Å². The Morgan fingerprint density at radius 3 is 0.961 bits per heavy atom. The van der Waals surface area contributed by atoms with Crippen LogP contribution in [0.5, 0.6) is 0 Å². The van der Waals surface area contributed by atoms with Crippen molar-refractivity contribution >= 4 is 5.91 Å². The van der Waals surface area contributed by atoms with Gasteiger partial charge in [-0.3, -0.25) is 4.79 Å². The van der Waals surface area contributed by atoms with Gasteiger partial charge in [0.25, 0.3) is 0 Å². The third-order valence-corrected chi connectivity index (χ3v) is 16.9. The average Bonchev–Trinajstić information content (AvgIpc) is 3.43. The van der Waals surface area contributed by atoms with E-state index < -0.39 is 74.2 Å². The molecule has 460 valence electrons. The minimum atomic E-state index is -1.66. The number of carbonyl (C=O) groups excluding carboxylic acids is 1. The predicted molar refractivity (Wildman–Crippen MR) is 321 cm³/mol. The van der Waals surface area contributed by atoms with Crippen LogP contribution < -0.4 is 5.32 Å². The van der Waals surface area contributed by atoms with Crippen LogP contribution >= 0.6 is 0 Å². The van der Waals surface area contributed by atoms with Gasteiger partial charge in [0.15, 0.2) is 6.29 Å². The predicted octanol–water partition coefficient (Wildman–Crippen LogP) is 15.7. The van der Waals surface area contributed by atoms with Gasteiger partial charge in [0.2, 0.25) is 5.91 Å². The molecule has 0 aromatic heterocycles. The van der Waals surface area contributed by atoms with E-state index in [9.17, 15) is 40.5 Å². The second-order valence-electron chi connectivity index (χ2n) is 24.3. The maximum atomic E-state index is 13.2. The molecule has 0 aliphatic carbocycles. The monoisotopic (exact) mass is 1100 g/mol. The van der Waals surface area contributed by atoms with Crippen molar-refractivity contribution in [2.24, 2.45) is 0 Å². The van der Waals surface area contributed by atoms with Gasteiger partial charge in [0, 0.05) is 0 Å². The van der Waals surface area contributed by atoms with Crippen molar-refractivity contribution in [2.45, 2.75) is 403 Å². The van der Waals surface area contributed by atoms with E-state index in [4.69, 9.17) is 9.47 Å². The molecule has 1 amide bonds. The summed E-state index contributed by atoms with van der Waals surface area (Å²) < 4.78 is 11.2. The largest absolute Gasteiger partial charge is 0.394 e. The Kier molecular flexibility index (Phi) is 53.6. The first-order valence-corrected chi connectivity index (χ1v) is 33.9.